The minimum absolute atomic E-state index is 0.115. The number of rotatable bonds is 7. The van der Waals surface area contributed by atoms with Crippen LogP contribution in [0.2, 0.25) is 0 Å². The first kappa shape index (κ1) is 16.6. The molecule has 0 aliphatic heterocycles. The topological polar surface area (TPSA) is 124 Å². The number of nitro groups is 1. The van der Waals surface area contributed by atoms with Crippen LogP contribution in [0.1, 0.15) is 5.56 Å². The van der Waals surface area contributed by atoms with Gasteiger partial charge >= 0.3 is 11.7 Å². The molecule has 9 heteroatoms. The van der Waals surface area contributed by atoms with Crippen molar-refractivity contribution < 1.29 is 28.0 Å². The van der Waals surface area contributed by atoms with Crippen LogP contribution in [0.4, 0.5) is 5.69 Å². The number of hydrogen-bond acceptors (Lipinski definition) is 6. The van der Waals surface area contributed by atoms with E-state index in [2.05, 4.69) is 0 Å². The van der Waals surface area contributed by atoms with Crippen molar-refractivity contribution in [2.45, 2.75) is 0 Å². The van der Waals surface area contributed by atoms with Gasteiger partial charge in [0.05, 0.1) is 10.7 Å². The van der Waals surface area contributed by atoms with Gasteiger partial charge in [-0.1, -0.05) is 0 Å². The van der Waals surface area contributed by atoms with Crippen molar-refractivity contribution in [2.24, 2.45) is 0 Å². The normalized spacial score (nSPS) is 11.5. The zero-order chi connectivity index (χ0) is 16.0. The van der Waals surface area contributed by atoms with Crippen molar-refractivity contribution in [2.75, 3.05) is 18.6 Å². The molecule has 0 aromatic heterocycles. The second-order valence-corrected chi connectivity index (χ2v) is 6.39. The van der Waals surface area contributed by atoms with E-state index < -0.39 is 20.7 Å². The number of hydrogen-bond donors (Lipinski definition) is 1. The molecule has 1 N–H and O–H groups in total. The Hall–Kier alpha value is -2.42. The molecule has 0 amide bonds. The number of benzene rings is 1. The van der Waals surface area contributed by atoms with E-state index in [1.165, 1.54) is 18.2 Å². The van der Waals surface area contributed by atoms with Crippen LogP contribution in [0.5, 0.6) is 5.75 Å². The number of carboxylic acids is 1. The van der Waals surface area contributed by atoms with E-state index in [0.29, 0.717) is 5.56 Å². The van der Waals surface area contributed by atoms with Gasteiger partial charge in [-0.25, -0.2) is 13.2 Å². The van der Waals surface area contributed by atoms with Crippen molar-refractivity contribution in [3.05, 3.63) is 40.0 Å². The molecule has 0 saturated heterocycles. The molecule has 0 atom stereocenters. The molecule has 1 aromatic rings. The van der Waals surface area contributed by atoms with Gasteiger partial charge < -0.3 is 9.84 Å². The van der Waals surface area contributed by atoms with Crippen LogP contribution in [0.25, 0.3) is 6.08 Å². The minimum atomic E-state index is -3.25. The molecule has 0 fully saturated rings. The summed E-state index contributed by atoms with van der Waals surface area (Å²) in [6.07, 6.45) is 3.15. The molecule has 0 aliphatic rings. The minimum Gasteiger partial charge on any atom is -0.486 e. The van der Waals surface area contributed by atoms with Gasteiger partial charge in [0.25, 0.3) is 0 Å². The first-order valence-electron chi connectivity index (χ1n) is 5.69. The molecule has 1 aromatic carbocycles. The van der Waals surface area contributed by atoms with Crippen LogP contribution >= 0.6 is 0 Å². The van der Waals surface area contributed by atoms with Crippen molar-refractivity contribution in [3.8, 4) is 5.75 Å². The van der Waals surface area contributed by atoms with Crippen LogP contribution < -0.4 is 4.74 Å². The fourth-order valence-corrected chi connectivity index (χ4v) is 1.76. The molecule has 0 unspecified atom stereocenters. The molecule has 8 nitrogen and oxygen atoms in total. The number of aliphatic carboxylic acids is 1. The Balaban J connectivity index is 2.98. The first-order chi connectivity index (χ1) is 9.69. The fourth-order valence-electron chi connectivity index (χ4n) is 1.37. The average molecular weight is 315 g/mol. The number of sulfone groups is 1. The summed E-state index contributed by atoms with van der Waals surface area (Å²) in [6.45, 7) is -0.230. The highest BCUT2D eigenvalue weighted by atomic mass is 32.2. The summed E-state index contributed by atoms with van der Waals surface area (Å²) in [5, 5.41) is 19.4. The fraction of sp³-hybridized carbons (Fsp3) is 0.250. The highest BCUT2D eigenvalue weighted by molar-refractivity contribution is 7.90. The highest BCUT2D eigenvalue weighted by Crippen LogP contribution is 2.28. The summed E-state index contributed by atoms with van der Waals surface area (Å²) < 4.78 is 27.1. The third-order valence-corrected chi connectivity index (χ3v) is 3.22. The number of nitrogens with zero attached hydrogens (tertiary/aromatic N) is 1. The van der Waals surface area contributed by atoms with Gasteiger partial charge in [-0.15, -0.1) is 0 Å². The van der Waals surface area contributed by atoms with Gasteiger partial charge in [-0.2, -0.15) is 0 Å². The van der Waals surface area contributed by atoms with Gasteiger partial charge in [-0.05, 0) is 23.8 Å². The summed E-state index contributed by atoms with van der Waals surface area (Å²) in [7, 11) is -3.25. The Labute approximate surface area is 120 Å². The summed E-state index contributed by atoms with van der Waals surface area (Å²) in [4.78, 5) is 20.6. The largest absolute Gasteiger partial charge is 0.486 e. The lowest BCUT2D eigenvalue weighted by Gasteiger charge is -2.07. The van der Waals surface area contributed by atoms with E-state index in [1.807, 2.05) is 0 Å². The maximum absolute atomic E-state index is 11.0. The Morgan fingerprint density at radius 1 is 1.48 bits per heavy atom. The van der Waals surface area contributed by atoms with Gasteiger partial charge in [-0.3, -0.25) is 10.1 Å². The van der Waals surface area contributed by atoms with Gasteiger partial charge in [0.15, 0.2) is 15.6 Å². The Bertz CT molecular complexity index is 679. The molecule has 114 valence electrons. The van der Waals surface area contributed by atoms with E-state index >= 15 is 0 Å². The number of ether oxygens (including phenoxy) is 1. The molecule has 0 spiro atoms. The second-order valence-electron chi connectivity index (χ2n) is 4.13. The lowest BCUT2D eigenvalue weighted by Crippen LogP contribution is -2.12. The van der Waals surface area contributed by atoms with Crippen LogP contribution in [-0.2, 0) is 14.6 Å². The molecule has 0 radical (unpaired) electrons. The van der Waals surface area contributed by atoms with Gasteiger partial charge in [0.2, 0.25) is 0 Å². The Kier molecular flexibility index (Phi) is 5.42. The molecular formula is C12H13NO7S. The number of carboxylic acid groups (broad SMARTS) is 1. The Morgan fingerprint density at radius 2 is 2.14 bits per heavy atom. The summed E-state index contributed by atoms with van der Waals surface area (Å²) in [6, 6.07) is 3.80. The standard InChI is InChI=1S/C12H13NO7S/c1-21(18,19)7-6-20-11-8-9(3-5-12(14)15)2-4-10(11)13(16)17/h2-5,8H,6-7H2,1H3,(H,14,15). The number of carbonyl (C=O) groups is 1. The third kappa shape index (κ3) is 6.04. The van der Waals surface area contributed by atoms with E-state index in [1.54, 1.807) is 0 Å². The van der Waals surface area contributed by atoms with Crippen LogP contribution in [-0.4, -0.2) is 43.0 Å². The van der Waals surface area contributed by atoms with Crippen LogP contribution in [0, 0.1) is 10.1 Å². The summed E-state index contributed by atoms with van der Waals surface area (Å²) >= 11 is 0. The molecule has 21 heavy (non-hydrogen) atoms. The van der Waals surface area contributed by atoms with Crippen molar-refractivity contribution in [1.29, 1.82) is 0 Å². The van der Waals surface area contributed by atoms with Gasteiger partial charge in [0, 0.05) is 18.4 Å². The molecule has 0 aliphatic carbocycles. The summed E-state index contributed by atoms with van der Waals surface area (Å²) in [5.74, 6) is -1.55. The van der Waals surface area contributed by atoms with E-state index in [4.69, 9.17) is 9.84 Å². The predicted molar refractivity (Wildman–Crippen MR) is 75.0 cm³/mol. The van der Waals surface area contributed by atoms with Crippen molar-refractivity contribution in [1.82, 2.24) is 0 Å². The van der Waals surface area contributed by atoms with Crippen LogP contribution in [0.15, 0.2) is 24.3 Å². The molecule has 0 bridgehead atoms. The maximum atomic E-state index is 11.0. The lowest BCUT2D eigenvalue weighted by molar-refractivity contribution is -0.385. The molecule has 0 heterocycles. The second kappa shape index (κ2) is 6.84. The predicted octanol–water partition coefficient (Wildman–Crippen LogP) is 1.12. The maximum Gasteiger partial charge on any atom is 0.328 e. The molecule has 0 saturated carbocycles. The highest BCUT2D eigenvalue weighted by Gasteiger charge is 2.16. The monoisotopic (exact) mass is 315 g/mol. The van der Waals surface area contributed by atoms with E-state index in [9.17, 15) is 23.3 Å². The van der Waals surface area contributed by atoms with Gasteiger partial charge in [0.1, 0.15) is 6.61 Å². The SMILES string of the molecule is CS(=O)(=O)CCOc1cc(C=CC(=O)O)ccc1[N+](=O)[O-]. The number of nitro benzene ring substituents is 1. The lowest BCUT2D eigenvalue weighted by atomic mass is 10.2. The Morgan fingerprint density at radius 3 is 2.67 bits per heavy atom. The van der Waals surface area contributed by atoms with Crippen molar-refractivity contribution >= 4 is 27.6 Å². The van der Waals surface area contributed by atoms with Crippen LogP contribution in [0.3, 0.4) is 0 Å². The summed E-state index contributed by atoms with van der Waals surface area (Å²) in [5.41, 5.74) is 0.0633. The first-order valence-corrected chi connectivity index (χ1v) is 7.75. The molecule has 1 rings (SSSR count). The quantitative estimate of drug-likeness (QED) is 0.454. The molecular weight excluding hydrogens is 302 g/mol. The average Bonchev–Trinajstić information content (AvgIpc) is 2.34. The zero-order valence-corrected chi connectivity index (χ0v) is 11.9. The smallest absolute Gasteiger partial charge is 0.328 e. The van der Waals surface area contributed by atoms with E-state index in [-0.39, 0.29) is 23.8 Å². The van der Waals surface area contributed by atoms with Crippen molar-refractivity contribution in [3.63, 3.8) is 0 Å². The van der Waals surface area contributed by atoms with E-state index in [0.717, 1.165) is 18.4 Å². The third-order valence-electron chi connectivity index (χ3n) is 2.31. The zero-order valence-electron chi connectivity index (χ0n) is 11.1.